The zero-order valence-corrected chi connectivity index (χ0v) is 21.3. The first-order valence-electron chi connectivity index (χ1n) is 11.6. The van der Waals surface area contributed by atoms with E-state index >= 15 is 0 Å². The molecule has 39 heavy (non-hydrogen) atoms. The summed E-state index contributed by atoms with van der Waals surface area (Å²) in [5.41, 5.74) is -0.130. The summed E-state index contributed by atoms with van der Waals surface area (Å²) in [7, 11) is 0. The van der Waals surface area contributed by atoms with Crippen LogP contribution in [0.3, 0.4) is 0 Å². The Balaban J connectivity index is 1.69. The second-order valence-corrected chi connectivity index (χ2v) is 9.33. The quantitative estimate of drug-likeness (QED) is 0.255. The summed E-state index contributed by atoms with van der Waals surface area (Å²) < 4.78 is 55.3. The monoisotopic (exact) mass is 565 g/mol. The van der Waals surface area contributed by atoms with E-state index in [9.17, 15) is 36.7 Å². The molecule has 0 spiro atoms. The molecular formula is C26H23F4N3O5S. The number of ketones is 2. The van der Waals surface area contributed by atoms with Crippen LogP contribution in [0, 0.1) is 5.82 Å². The third-order valence-electron chi connectivity index (χ3n) is 5.40. The predicted octanol–water partition coefficient (Wildman–Crippen LogP) is 3.80. The van der Waals surface area contributed by atoms with Crippen LogP contribution in [-0.4, -0.2) is 46.8 Å². The molecule has 0 saturated heterocycles. The topological polar surface area (TPSA) is 114 Å². The van der Waals surface area contributed by atoms with E-state index in [4.69, 9.17) is 0 Å². The van der Waals surface area contributed by atoms with Gasteiger partial charge in [-0.2, -0.15) is 0 Å². The maximum atomic E-state index is 14.1. The van der Waals surface area contributed by atoms with E-state index in [1.165, 1.54) is 18.3 Å². The molecule has 0 aliphatic heterocycles. The smallest absolute Gasteiger partial charge is 0.406 e. The largest absolute Gasteiger partial charge is 0.573 e. The number of aryl methyl sites for hydroxylation is 1. The standard InChI is InChI=1S/C26H23F4N3O5S/c1-15(32-25(37)18-14-17(7-8-19(18)27)38-26(28,29)30)24(36)33-20(13-16-5-3-2-4-6-16)23(35)21(34)9-10-22-31-11-12-39-22/h2-8,11-12,14-15,20H,9-10,13H2,1H3,(H,32,37)(H,33,36)/t15-,20-/m1/s1. The summed E-state index contributed by atoms with van der Waals surface area (Å²) >= 11 is 1.34. The molecule has 2 amide bonds. The normalized spacial score (nSPS) is 12.7. The van der Waals surface area contributed by atoms with Gasteiger partial charge in [-0.05, 0) is 30.7 Å². The molecule has 13 heteroatoms. The Kier molecular flexibility index (Phi) is 9.88. The Labute approximate surface area is 224 Å². The highest BCUT2D eigenvalue weighted by Crippen LogP contribution is 2.24. The molecule has 0 aliphatic carbocycles. The lowest BCUT2D eigenvalue weighted by molar-refractivity contribution is -0.274. The van der Waals surface area contributed by atoms with Crippen LogP contribution in [0.15, 0.2) is 60.1 Å². The van der Waals surface area contributed by atoms with Crippen molar-refractivity contribution in [1.82, 2.24) is 15.6 Å². The van der Waals surface area contributed by atoms with Crippen molar-refractivity contribution < 1.29 is 41.5 Å². The van der Waals surface area contributed by atoms with Crippen molar-refractivity contribution in [2.75, 3.05) is 0 Å². The van der Waals surface area contributed by atoms with Gasteiger partial charge in [0.1, 0.15) is 17.6 Å². The first-order valence-corrected chi connectivity index (χ1v) is 12.5. The summed E-state index contributed by atoms with van der Waals surface area (Å²) in [6.45, 7) is 1.23. The highest BCUT2D eigenvalue weighted by atomic mass is 32.1. The first kappa shape index (κ1) is 29.4. The van der Waals surface area contributed by atoms with Gasteiger partial charge >= 0.3 is 6.36 Å². The minimum Gasteiger partial charge on any atom is -0.406 e. The lowest BCUT2D eigenvalue weighted by Gasteiger charge is -2.21. The first-order chi connectivity index (χ1) is 18.4. The molecule has 1 heterocycles. The molecule has 206 valence electrons. The molecule has 0 unspecified atom stereocenters. The number of rotatable bonds is 12. The van der Waals surface area contributed by atoms with E-state index in [1.807, 2.05) is 0 Å². The van der Waals surface area contributed by atoms with Gasteiger partial charge in [0.2, 0.25) is 17.5 Å². The number of carbonyl (C=O) groups is 4. The number of ether oxygens (including phenoxy) is 1. The van der Waals surface area contributed by atoms with Crippen LogP contribution in [-0.2, 0) is 27.2 Å². The molecule has 2 aromatic carbocycles. The average Bonchev–Trinajstić information content (AvgIpc) is 3.41. The van der Waals surface area contributed by atoms with Crippen LogP contribution in [0.5, 0.6) is 5.75 Å². The molecule has 0 saturated carbocycles. The third kappa shape index (κ3) is 8.99. The lowest BCUT2D eigenvalue weighted by atomic mass is 9.97. The SMILES string of the molecule is C[C@@H](NC(=O)c1cc(OC(F)(F)F)ccc1F)C(=O)N[C@H](Cc1ccccc1)C(=O)C(=O)CCc1nccs1. The van der Waals surface area contributed by atoms with Crippen molar-refractivity contribution in [3.05, 3.63) is 82.1 Å². The van der Waals surface area contributed by atoms with E-state index in [-0.39, 0.29) is 19.3 Å². The zero-order chi connectivity index (χ0) is 28.6. The number of amides is 2. The third-order valence-corrected chi connectivity index (χ3v) is 6.24. The van der Waals surface area contributed by atoms with Gasteiger partial charge < -0.3 is 15.4 Å². The summed E-state index contributed by atoms with van der Waals surface area (Å²) in [6.07, 6.45) is -3.36. The molecular weight excluding hydrogens is 542 g/mol. The molecule has 0 fully saturated rings. The summed E-state index contributed by atoms with van der Waals surface area (Å²) in [5, 5.41) is 7.04. The Morgan fingerprint density at radius 2 is 1.77 bits per heavy atom. The number of nitrogens with zero attached hydrogens (tertiary/aromatic N) is 1. The van der Waals surface area contributed by atoms with Crippen molar-refractivity contribution in [2.24, 2.45) is 0 Å². The number of alkyl halides is 3. The van der Waals surface area contributed by atoms with Gasteiger partial charge in [0.15, 0.2) is 0 Å². The fourth-order valence-electron chi connectivity index (χ4n) is 3.49. The maximum absolute atomic E-state index is 14.1. The summed E-state index contributed by atoms with van der Waals surface area (Å²) in [6, 6.07) is 7.85. The Morgan fingerprint density at radius 1 is 1.05 bits per heavy atom. The number of hydrogen-bond donors (Lipinski definition) is 2. The number of hydrogen-bond acceptors (Lipinski definition) is 7. The van der Waals surface area contributed by atoms with Crippen LogP contribution >= 0.6 is 11.3 Å². The number of halogens is 4. The highest BCUT2D eigenvalue weighted by molar-refractivity contribution is 7.09. The van der Waals surface area contributed by atoms with Gasteiger partial charge in [-0.1, -0.05) is 30.3 Å². The molecule has 1 aromatic heterocycles. The van der Waals surface area contributed by atoms with E-state index < -0.39 is 59.0 Å². The zero-order valence-electron chi connectivity index (χ0n) is 20.5. The van der Waals surface area contributed by atoms with Crippen LogP contribution < -0.4 is 15.4 Å². The molecule has 2 atom stereocenters. The van der Waals surface area contributed by atoms with Gasteiger partial charge in [0.05, 0.1) is 16.6 Å². The summed E-state index contributed by atoms with van der Waals surface area (Å²) in [4.78, 5) is 55.1. The van der Waals surface area contributed by atoms with Crippen LogP contribution in [0.1, 0.15) is 34.3 Å². The van der Waals surface area contributed by atoms with E-state index in [2.05, 4.69) is 20.4 Å². The van der Waals surface area contributed by atoms with Gasteiger partial charge in [-0.3, -0.25) is 19.2 Å². The van der Waals surface area contributed by atoms with Crippen LogP contribution in [0.4, 0.5) is 17.6 Å². The van der Waals surface area contributed by atoms with Gasteiger partial charge in [0.25, 0.3) is 5.91 Å². The number of aromatic nitrogens is 1. The van der Waals surface area contributed by atoms with Crippen molar-refractivity contribution >= 4 is 34.7 Å². The number of thiazole rings is 1. The molecule has 3 rings (SSSR count). The second kappa shape index (κ2) is 13.1. The fraction of sp³-hybridized carbons (Fsp3) is 0.269. The number of carbonyl (C=O) groups excluding carboxylic acids is 4. The van der Waals surface area contributed by atoms with Crippen LogP contribution in [0.25, 0.3) is 0 Å². The predicted molar refractivity (Wildman–Crippen MR) is 133 cm³/mol. The molecule has 3 aromatic rings. The number of nitrogens with one attached hydrogen (secondary N) is 2. The maximum Gasteiger partial charge on any atom is 0.573 e. The molecule has 0 radical (unpaired) electrons. The van der Waals surface area contributed by atoms with Gasteiger partial charge in [0, 0.05) is 30.8 Å². The van der Waals surface area contributed by atoms with Gasteiger partial charge in [-0.15, -0.1) is 24.5 Å². The Bertz CT molecular complexity index is 1320. The fourth-order valence-corrected chi connectivity index (χ4v) is 4.11. The Hall–Kier alpha value is -4.13. The molecule has 8 nitrogen and oxygen atoms in total. The van der Waals surface area contributed by atoms with Crippen molar-refractivity contribution in [2.45, 2.75) is 44.6 Å². The number of Topliss-reactive ketones (excluding diaryl/α,β-unsaturated/α-hetero) is 2. The summed E-state index contributed by atoms with van der Waals surface area (Å²) in [5.74, 6) is -5.58. The number of benzene rings is 2. The highest BCUT2D eigenvalue weighted by Gasteiger charge is 2.32. The van der Waals surface area contributed by atoms with E-state index in [0.717, 1.165) is 0 Å². The van der Waals surface area contributed by atoms with Crippen molar-refractivity contribution in [3.8, 4) is 5.75 Å². The molecule has 0 aliphatic rings. The van der Waals surface area contributed by atoms with E-state index in [0.29, 0.717) is 28.8 Å². The minimum absolute atomic E-state index is 0.0134. The van der Waals surface area contributed by atoms with Crippen molar-refractivity contribution in [3.63, 3.8) is 0 Å². The van der Waals surface area contributed by atoms with E-state index in [1.54, 1.807) is 41.9 Å². The molecule has 2 N–H and O–H groups in total. The lowest BCUT2D eigenvalue weighted by Crippen LogP contribution is -2.52. The Morgan fingerprint density at radius 3 is 2.41 bits per heavy atom. The average molecular weight is 566 g/mol. The van der Waals surface area contributed by atoms with Crippen LogP contribution in [0.2, 0.25) is 0 Å². The minimum atomic E-state index is -5.06. The molecule has 0 bridgehead atoms. The second-order valence-electron chi connectivity index (χ2n) is 8.35. The van der Waals surface area contributed by atoms with Crippen molar-refractivity contribution in [1.29, 1.82) is 0 Å². The van der Waals surface area contributed by atoms with Gasteiger partial charge in [-0.25, -0.2) is 9.37 Å².